The second-order valence-corrected chi connectivity index (χ2v) is 6.77. The molecular weight excluding hydrogens is 300 g/mol. The van der Waals surface area contributed by atoms with Gasteiger partial charge in [0.05, 0.1) is 0 Å². The van der Waals surface area contributed by atoms with Crippen molar-refractivity contribution in [2.45, 2.75) is 37.8 Å². The molecule has 0 N–H and O–H groups in total. The maximum atomic E-state index is 6.06. The van der Waals surface area contributed by atoms with Gasteiger partial charge in [-0.05, 0) is 43.7 Å². The number of nitrogens with zero attached hydrogens (tertiary/aromatic N) is 2. The molecule has 0 radical (unpaired) electrons. The molecule has 0 spiro atoms. The van der Waals surface area contributed by atoms with Crippen molar-refractivity contribution in [2.24, 2.45) is 0 Å². The Labute approximate surface area is 143 Å². The first kappa shape index (κ1) is 15.5. The highest BCUT2D eigenvalue weighted by atomic mass is 16.6. The number of aromatic nitrogens is 1. The fraction of sp³-hybridized carbons (Fsp3) is 0.450. The number of hydrogen-bond donors (Lipinski definition) is 0. The van der Waals surface area contributed by atoms with Crippen molar-refractivity contribution >= 4 is 0 Å². The van der Waals surface area contributed by atoms with Crippen LogP contribution in [0.4, 0.5) is 0 Å². The molecule has 2 heterocycles. The van der Waals surface area contributed by atoms with Gasteiger partial charge >= 0.3 is 0 Å². The Morgan fingerprint density at radius 3 is 2.96 bits per heavy atom. The van der Waals surface area contributed by atoms with Crippen LogP contribution in [0.15, 0.2) is 42.6 Å². The van der Waals surface area contributed by atoms with E-state index in [1.165, 1.54) is 17.7 Å². The fourth-order valence-corrected chi connectivity index (χ4v) is 3.64. The monoisotopic (exact) mass is 324 g/mol. The molecule has 2 unspecified atom stereocenters. The minimum atomic E-state index is 0.136. The highest BCUT2D eigenvalue weighted by molar-refractivity contribution is 5.40. The van der Waals surface area contributed by atoms with Crippen molar-refractivity contribution in [3.8, 4) is 11.5 Å². The molecule has 2 aromatic rings. The van der Waals surface area contributed by atoms with Crippen molar-refractivity contribution in [1.82, 2.24) is 9.88 Å². The molecule has 0 bridgehead atoms. The van der Waals surface area contributed by atoms with E-state index < -0.39 is 0 Å². The number of benzene rings is 1. The van der Waals surface area contributed by atoms with Crippen LogP contribution in [0.3, 0.4) is 0 Å². The zero-order chi connectivity index (χ0) is 16.4. The maximum absolute atomic E-state index is 6.06. The number of ether oxygens (including phenoxy) is 2. The van der Waals surface area contributed by atoms with Gasteiger partial charge in [0.1, 0.15) is 12.7 Å². The van der Waals surface area contributed by atoms with Crippen LogP contribution in [-0.4, -0.2) is 42.2 Å². The molecule has 1 aromatic heterocycles. The van der Waals surface area contributed by atoms with Gasteiger partial charge in [0.15, 0.2) is 11.5 Å². The summed E-state index contributed by atoms with van der Waals surface area (Å²) in [6, 6.07) is 12.7. The number of aryl methyl sites for hydroxylation is 1. The first-order valence-electron chi connectivity index (χ1n) is 8.81. The minimum Gasteiger partial charge on any atom is -0.486 e. The molecule has 4 heteroatoms. The Hall–Kier alpha value is -2.07. The van der Waals surface area contributed by atoms with Gasteiger partial charge in [-0.15, -0.1) is 0 Å². The number of fused-ring (bicyclic) bond motifs is 2. The number of pyridine rings is 1. The summed E-state index contributed by atoms with van der Waals surface area (Å²) < 4.78 is 11.9. The van der Waals surface area contributed by atoms with Gasteiger partial charge in [-0.3, -0.25) is 4.98 Å². The summed E-state index contributed by atoms with van der Waals surface area (Å²) in [6.07, 6.45) is 6.42. The van der Waals surface area contributed by atoms with E-state index in [1.54, 1.807) is 0 Å². The second-order valence-electron chi connectivity index (χ2n) is 6.77. The van der Waals surface area contributed by atoms with Gasteiger partial charge in [0.25, 0.3) is 0 Å². The van der Waals surface area contributed by atoms with Gasteiger partial charge in [-0.1, -0.05) is 18.2 Å². The predicted octanol–water partition coefficient (Wildman–Crippen LogP) is 3.10. The smallest absolute Gasteiger partial charge is 0.161 e. The van der Waals surface area contributed by atoms with Crippen LogP contribution in [0, 0.1) is 0 Å². The van der Waals surface area contributed by atoms with Crippen LogP contribution in [0.2, 0.25) is 0 Å². The third kappa shape index (κ3) is 3.24. The largest absolute Gasteiger partial charge is 0.486 e. The molecule has 4 nitrogen and oxygen atoms in total. The molecule has 4 rings (SSSR count). The summed E-state index contributed by atoms with van der Waals surface area (Å²) in [5.74, 6) is 1.73. The van der Waals surface area contributed by atoms with E-state index >= 15 is 0 Å². The van der Waals surface area contributed by atoms with Crippen LogP contribution in [0.1, 0.15) is 24.1 Å². The SMILES string of the molecule is CN(CCC1COc2ccccc2O1)C1CCc2cccnc2C1. The molecule has 0 saturated carbocycles. The van der Waals surface area contributed by atoms with Crippen LogP contribution < -0.4 is 9.47 Å². The summed E-state index contributed by atoms with van der Waals surface area (Å²) in [4.78, 5) is 7.02. The topological polar surface area (TPSA) is 34.6 Å². The predicted molar refractivity (Wildman–Crippen MR) is 93.7 cm³/mol. The van der Waals surface area contributed by atoms with E-state index in [9.17, 15) is 0 Å². The van der Waals surface area contributed by atoms with Crippen LogP contribution in [0.5, 0.6) is 11.5 Å². The Bertz CT molecular complexity index is 704. The molecule has 1 aromatic carbocycles. The number of para-hydroxylation sites is 2. The van der Waals surface area contributed by atoms with Crippen molar-refractivity contribution in [3.63, 3.8) is 0 Å². The summed E-state index contributed by atoms with van der Waals surface area (Å²) in [6.45, 7) is 1.66. The van der Waals surface area contributed by atoms with E-state index in [2.05, 4.69) is 23.0 Å². The van der Waals surface area contributed by atoms with Crippen molar-refractivity contribution < 1.29 is 9.47 Å². The molecule has 0 amide bonds. The normalized spacial score (nSPS) is 22.2. The molecule has 2 aliphatic rings. The maximum Gasteiger partial charge on any atom is 0.161 e. The molecular formula is C20H24N2O2. The molecule has 126 valence electrons. The number of likely N-dealkylation sites (N-methyl/N-ethyl adjacent to an activating group) is 1. The first-order chi connectivity index (χ1) is 11.8. The van der Waals surface area contributed by atoms with Gasteiger partial charge in [-0.2, -0.15) is 0 Å². The zero-order valence-electron chi connectivity index (χ0n) is 14.1. The lowest BCUT2D eigenvalue weighted by molar-refractivity contribution is 0.0722. The number of rotatable bonds is 4. The summed E-state index contributed by atoms with van der Waals surface area (Å²) in [7, 11) is 2.22. The average Bonchev–Trinajstić information content (AvgIpc) is 2.65. The molecule has 0 fully saturated rings. The van der Waals surface area contributed by atoms with Gasteiger partial charge in [0, 0.05) is 37.3 Å². The van der Waals surface area contributed by atoms with Crippen LogP contribution in [-0.2, 0) is 12.8 Å². The number of hydrogen-bond acceptors (Lipinski definition) is 4. The first-order valence-corrected chi connectivity index (χ1v) is 8.81. The lowest BCUT2D eigenvalue weighted by atomic mass is 9.91. The Morgan fingerprint density at radius 1 is 1.17 bits per heavy atom. The molecule has 1 aliphatic carbocycles. The molecule has 0 saturated heterocycles. The average molecular weight is 324 g/mol. The van der Waals surface area contributed by atoms with E-state index in [4.69, 9.17) is 9.47 Å². The highest BCUT2D eigenvalue weighted by Crippen LogP contribution is 2.31. The van der Waals surface area contributed by atoms with E-state index in [0.29, 0.717) is 12.6 Å². The van der Waals surface area contributed by atoms with Crippen LogP contribution in [0.25, 0.3) is 0 Å². The lowest BCUT2D eigenvalue weighted by Gasteiger charge is -2.33. The van der Waals surface area contributed by atoms with Crippen LogP contribution >= 0.6 is 0 Å². The lowest BCUT2D eigenvalue weighted by Crippen LogP contribution is -2.40. The standard InChI is InChI=1S/C20H24N2O2/c1-22(16-9-8-15-5-4-11-21-18(15)13-16)12-10-17-14-23-19-6-2-3-7-20(19)24-17/h2-7,11,16-17H,8-10,12-14H2,1H3. The van der Waals surface area contributed by atoms with Crippen molar-refractivity contribution in [3.05, 3.63) is 53.9 Å². The van der Waals surface area contributed by atoms with E-state index in [0.717, 1.165) is 37.3 Å². The Balaban J connectivity index is 1.31. The Kier molecular flexibility index (Phi) is 4.39. The minimum absolute atomic E-state index is 0.136. The van der Waals surface area contributed by atoms with E-state index in [-0.39, 0.29) is 6.10 Å². The van der Waals surface area contributed by atoms with Gasteiger partial charge in [0.2, 0.25) is 0 Å². The summed E-state index contributed by atoms with van der Waals surface area (Å²) in [5, 5.41) is 0. The highest BCUT2D eigenvalue weighted by Gasteiger charge is 2.25. The molecule has 24 heavy (non-hydrogen) atoms. The quantitative estimate of drug-likeness (QED) is 0.865. The Morgan fingerprint density at radius 2 is 2.04 bits per heavy atom. The van der Waals surface area contributed by atoms with E-state index in [1.807, 2.05) is 36.5 Å². The van der Waals surface area contributed by atoms with Crippen molar-refractivity contribution in [1.29, 1.82) is 0 Å². The third-order valence-electron chi connectivity index (χ3n) is 5.16. The van der Waals surface area contributed by atoms with Gasteiger partial charge in [-0.25, -0.2) is 0 Å². The summed E-state index contributed by atoms with van der Waals surface area (Å²) in [5.41, 5.74) is 2.69. The van der Waals surface area contributed by atoms with Crippen molar-refractivity contribution in [2.75, 3.05) is 20.2 Å². The molecule has 1 aliphatic heterocycles. The molecule has 2 atom stereocenters. The zero-order valence-corrected chi connectivity index (χ0v) is 14.1. The van der Waals surface area contributed by atoms with Gasteiger partial charge < -0.3 is 14.4 Å². The second kappa shape index (κ2) is 6.81. The summed E-state index contributed by atoms with van der Waals surface area (Å²) >= 11 is 0. The fourth-order valence-electron chi connectivity index (χ4n) is 3.64. The third-order valence-corrected chi connectivity index (χ3v) is 5.16.